The zero-order valence-corrected chi connectivity index (χ0v) is 28.2. The Labute approximate surface area is 279 Å². The topological polar surface area (TPSA) is 112 Å². The van der Waals surface area contributed by atoms with E-state index >= 15 is 0 Å². The van der Waals surface area contributed by atoms with Crippen molar-refractivity contribution in [2.45, 2.75) is 90.5 Å². The van der Waals surface area contributed by atoms with Crippen molar-refractivity contribution in [2.24, 2.45) is 5.92 Å². The summed E-state index contributed by atoms with van der Waals surface area (Å²) in [5, 5.41) is 13.8. The summed E-state index contributed by atoms with van der Waals surface area (Å²) >= 11 is 0. The molecule has 1 saturated heterocycles. The highest BCUT2D eigenvalue weighted by atomic mass is 16.2. The number of nitrogens with zero attached hydrogens (tertiary/aromatic N) is 4. The van der Waals surface area contributed by atoms with Gasteiger partial charge in [-0.2, -0.15) is 5.10 Å². The number of anilines is 1. The van der Waals surface area contributed by atoms with Crippen molar-refractivity contribution in [3.63, 3.8) is 0 Å². The molecule has 2 fully saturated rings. The number of hydrogen-bond acceptors (Lipinski definition) is 6. The lowest BCUT2D eigenvalue weighted by molar-refractivity contribution is -0.135. The average Bonchev–Trinajstić information content (AvgIpc) is 3.81. The molecule has 0 spiro atoms. The fraction of sp³-hybridized carbons (Fsp3) is 0.514. The minimum atomic E-state index is -0.625. The van der Waals surface area contributed by atoms with E-state index in [0.717, 1.165) is 70.4 Å². The minimum absolute atomic E-state index is 0.0924. The lowest BCUT2D eigenvalue weighted by Gasteiger charge is -2.37. The number of aromatic nitrogens is 2. The van der Waals surface area contributed by atoms with Gasteiger partial charge < -0.3 is 20.9 Å². The first-order valence-electron chi connectivity index (χ1n) is 17.4. The molecule has 1 aliphatic heterocycles. The molecule has 3 N–H and O–H groups in total. The number of carbonyl (C=O) groups excluding carboxylic acids is 3. The lowest BCUT2D eigenvalue weighted by atomic mass is 9.96. The summed E-state index contributed by atoms with van der Waals surface area (Å²) in [5.41, 5.74) is 3.44. The number of piperazine rings is 1. The van der Waals surface area contributed by atoms with E-state index < -0.39 is 6.04 Å². The van der Waals surface area contributed by atoms with Gasteiger partial charge in [-0.1, -0.05) is 62.2 Å². The standard InChI is InChI=1S/C37H51N7O3/c1-4-27(3)39-32(37(47)43-23-21-42(22-24-43)26-29-11-7-6-8-12-29)25-28-15-17-31(18-16-28)40-36(46)34(30-13-9-10-14-30)41-35(45)33-19-20-38-44(33)5-2/h6-8,11-12,15-20,27,30,32,34,39H,4-5,9-10,13-14,21-26H2,1-3H3,(H,40,46)(H,41,45)/t27?,32-,34+/m1/s1. The van der Waals surface area contributed by atoms with E-state index in [2.05, 4.69) is 64.1 Å². The number of amides is 3. The summed E-state index contributed by atoms with van der Waals surface area (Å²) in [4.78, 5) is 44.9. The molecule has 3 aromatic rings. The van der Waals surface area contributed by atoms with Gasteiger partial charge in [0, 0.05) is 57.2 Å². The van der Waals surface area contributed by atoms with Crippen LogP contribution in [0.1, 0.15) is 74.5 Å². The van der Waals surface area contributed by atoms with Crippen LogP contribution in [0.4, 0.5) is 5.69 Å². The minimum Gasteiger partial charge on any atom is -0.339 e. The van der Waals surface area contributed by atoms with Crippen LogP contribution >= 0.6 is 0 Å². The lowest BCUT2D eigenvalue weighted by Crippen LogP contribution is -2.55. The van der Waals surface area contributed by atoms with Gasteiger partial charge in [0.1, 0.15) is 11.7 Å². The van der Waals surface area contributed by atoms with Crippen LogP contribution in [0.25, 0.3) is 0 Å². The van der Waals surface area contributed by atoms with Crippen LogP contribution in [0, 0.1) is 5.92 Å². The third kappa shape index (κ3) is 9.29. The molecule has 2 aliphatic rings. The molecular formula is C37H51N7O3. The Morgan fingerprint density at radius 2 is 1.60 bits per heavy atom. The van der Waals surface area contributed by atoms with E-state index in [-0.39, 0.29) is 35.7 Å². The van der Waals surface area contributed by atoms with E-state index in [0.29, 0.717) is 24.3 Å². The molecule has 10 heteroatoms. The maximum absolute atomic E-state index is 13.8. The molecule has 2 heterocycles. The second-order valence-corrected chi connectivity index (χ2v) is 13.0. The molecule has 0 bridgehead atoms. The predicted octanol–water partition coefficient (Wildman–Crippen LogP) is 4.47. The van der Waals surface area contributed by atoms with Crippen molar-refractivity contribution in [1.29, 1.82) is 0 Å². The van der Waals surface area contributed by atoms with Crippen LogP contribution < -0.4 is 16.0 Å². The highest BCUT2D eigenvalue weighted by Gasteiger charge is 2.33. The largest absolute Gasteiger partial charge is 0.339 e. The molecule has 2 aromatic carbocycles. The van der Waals surface area contributed by atoms with Crippen molar-refractivity contribution < 1.29 is 14.4 Å². The van der Waals surface area contributed by atoms with Crippen LogP contribution in [0.15, 0.2) is 66.9 Å². The van der Waals surface area contributed by atoms with Crippen molar-refractivity contribution in [3.8, 4) is 0 Å². The summed E-state index contributed by atoms with van der Waals surface area (Å²) in [6.45, 7) is 10.8. The molecule has 0 radical (unpaired) electrons. The Hall–Kier alpha value is -4.02. The third-order valence-electron chi connectivity index (χ3n) is 9.68. The van der Waals surface area contributed by atoms with Gasteiger partial charge in [-0.05, 0) is 74.8 Å². The summed E-state index contributed by atoms with van der Waals surface area (Å²) in [5.74, 6) is -0.260. The normalized spacial score (nSPS) is 17.6. The molecule has 1 unspecified atom stereocenters. The van der Waals surface area contributed by atoms with Crippen LogP contribution in [-0.4, -0.2) is 81.6 Å². The number of carbonyl (C=O) groups is 3. The number of nitrogens with one attached hydrogen (secondary N) is 3. The summed E-state index contributed by atoms with van der Waals surface area (Å²) < 4.78 is 1.64. The summed E-state index contributed by atoms with van der Waals surface area (Å²) in [6.07, 6.45) is 7.02. The van der Waals surface area contributed by atoms with Crippen LogP contribution in [0.2, 0.25) is 0 Å². The Bertz CT molecular complexity index is 1440. The number of benzene rings is 2. The molecule has 252 valence electrons. The molecule has 10 nitrogen and oxygen atoms in total. The van der Waals surface area contributed by atoms with Gasteiger partial charge in [-0.25, -0.2) is 0 Å². The summed E-state index contributed by atoms with van der Waals surface area (Å²) in [6, 6.07) is 19.2. The zero-order valence-electron chi connectivity index (χ0n) is 28.2. The van der Waals surface area contributed by atoms with E-state index in [1.807, 2.05) is 42.2 Å². The van der Waals surface area contributed by atoms with Gasteiger partial charge in [-0.15, -0.1) is 0 Å². The first kappa shape index (κ1) is 34.3. The Morgan fingerprint density at radius 1 is 0.894 bits per heavy atom. The molecule has 1 aliphatic carbocycles. The molecule has 1 aromatic heterocycles. The van der Waals surface area contributed by atoms with E-state index in [1.54, 1.807) is 16.9 Å². The zero-order chi connectivity index (χ0) is 33.2. The van der Waals surface area contributed by atoms with E-state index in [4.69, 9.17) is 0 Å². The van der Waals surface area contributed by atoms with Gasteiger partial charge in [0.15, 0.2) is 0 Å². The predicted molar refractivity (Wildman–Crippen MR) is 185 cm³/mol. The Morgan fingerprint density at radius 3 is 2.26 bits per heavy atom. The van der Waals surface area contributed by atoms with Crippen molar-refractivity contribution in [1.82, 2.24) is 30.2 Å². The first-order chi connectivity index (χ1) is 22.8. The highest BCUT2D eigenvalue weighted by molar-refractivity contribution is 6.00. The van der Waals surface area contributed by atoms with Gasteiger partial charge in [0.25, 0.3) is 5.91 Å². The molecule has 3 atom stereocenters. The molecule has 3 amide bonds. The highest BCUT2D eigenvalue weighted by Crippen LogP contribution is 2.29. The SMILES string of the molecule is CCC(C)N[C@H](Cc1ccc(NC(=O)[C@@H](NC(=O)c2ccnn2CC)C2CCCC2)cc1)C(=O)N1CCN(Cc2ccccc2)CC1. The van der Waals surface area contributed by atoms with Crippen molar-refractivity contribution >= 4 is 23.4 Å². The van der Waals surface area contributed by atoms with Gasteiger partial charge in [-0.3, -0.25) is 24.0 Å². The van der Waals surface area contributed by atoms with Crippen LogP contribution in [0.3, 0.4) is 0 Å². The monoisotopic (exact) mass is 641 g/mol. The van der Waals surface area contributed by atoms with Crippen LogP contribution in [0.5, 0.6) is 0 Å². The van der Waals surface area contributed by atoms with Crippen molar-refractivity contribution in [2.75, 3.05) is 31.5 Å². The smallest absolute Gasteiger partial charge is 0.270 e. The quantitative estimate of drug-likeness (QED) is 0.240. The van der Waals surface area contributed by atoms with Crippen molar-refractivity contribution in [3.05, 3.63) is 83.7 Å². The average molecular weight is 642 g/mol. The van der Waals surface area contributed by atoms with Gasteiger partial charge in [0.05, 0.1) is 6.04 Å². The molecule has 47 heavy (non-hydrogen) atoms. The van der Waals surface area contributed by atoms with E-state index in [9.17, 15) is 14.4 Å². The number of aryl methyl sites for hydroxylation is 1. The number of rotatable bonds is 14. The fourth-order valence-electron chi connectivity index (χ4n) is 6.73. The number of hydrogen-bond donors (Lipinski definition) is 3. The molecular weight excluding hydrogens is 590 g/mol. The Kier molecular flexibility index (Phi) is 12.2. The van der Waals surface area contributed by atoms with Crippen LogP contribution in [-0.2, 0) is 29.1 Å². The second-order valence-electron chi connectivity index (χ2n) is 13.0. The second kappa shape index (κ2) is 16.7. The van der Waals surface area contributed by atoms with E-state index in [1.165, 1.54) is 5.56 Å². The summed E-state index contributed by atoms with van der Waals surface area (Å²) in [7, 11) is 0. The van der Waals surface area contributed by atoms with Gasteiger partial charge in [0.2, 0.25) is 11.8 Å². The van der Waals surface area contributed by atoms with Gasteiger partial charge >= 0.3 is 0 Å². The Balaban J connectivity index is 1.19. The third-order valence-corrected chi connectivity index (χ3v) is 9.68. The maximum Gasteiger partial charge on any atom is 0.270 e. The molecule has 5 rings (SSSR count). The molecule has 1 saturated carbocycles. The maximum atomic E-state index is 13.8. The first-order valence-corrected chi connectivity index (χ1v) is 17.4. The fourth-order valence-corrected chi connectivity index (χ4v) is 6.73.